The Kier molecular flexibility index (Phi) is 6.13. The Balaban J connectivity index is 0.00000289. The lowest BCUT2D eigenvalue weighted by Crippen LogP contribution is -2.36. The second-order valence-corrected chi connectivity index (χ2v) is 8.30. The number of rotatable bonds is 6. The number of pyridine rings is 1. The molecule has 0 radical (unpaired) electrons. The smallest absolute Gasteiger partial charge is 0.252 e. The number of hydrogen-bond donors (Lipinski definition) is 3. The lowest BCUT2D eigenvalue weighted by molar-refractivity contribution is 0.0949. The molecule has 1 amide bonds. The standard InChI is InChI=1S/C22H30N8O.H2/c1-15-16(2)21(27-30(14-23)20(15)24)29-9-5-19-18(13-29)11-17(12-26-19)22(31)25-6-10-28-7-3-4-8-28;/h11-12,14,23-24H,3-10,13H2,1-2H3,(H,25,31);1H. The van der Waals surface area contributed by atoms with Gasteiger partial charge in [0.05, 0.1) is 5.56 Å². The Hall–Kier alpha value is -3.07. The van der Waals surface area contributed by atoms with Crippen LogP contribution in [0.2, 0.25) is 0 Å². The third kappa shape index (κ3) is 4.36. The minimum atomic E-state index is -0.0861. The van der Waals surface area contributed by atoms with Gasteiger partial charge in [-0.25, -0.2) is 4.68 Å². The van der Waals surface area contributed by atoms with Crippen LogP contribution in [0.25, 0.3) is 0 Å². The van der Waals surface area contributed by atoms with Crippen molar-refractivity contribution in [3.63, 3.8) is 0 Å². The van der Waals surface area contributed by atoms with E-state index in [2.05, 4.69) is 25.2 Å². The van der Waals surface area contributed by atoms with Crippen LogP contribution in [0.5, 0.6) is 0 Å². The summed E-state index contributed by atoms with van der Waals surface area (Å²) in [7, 11) is 0. The molecule has 0 bridgehead atoms. The van der Waals surface area contributed by atoms with Crippen molar-refractivity contribution in [3.05, 3.63) is 45.7 Å². The first-order valence-electron chi connectivity index (χ1n) is 10.9. The van der Waals surface area contributed by atoms with E-state index in [9.17, 15) is 4.79 Å². The normalized spacial score (nSPS) is 16.3. The molecule has 1 saturated heterocycles. The number of nitrogens with zero attached hydrogens (tertiary/aromatic N) is 5. The molecule has 4 heterocycles. The first kappa shape index (κ1) is 21.2. The summed E-state index contributed by atoms with van der Waals surface area (Å²) in [6.45, 7) is 8.98. The molecule has 0 spiro atoms. The summed E-state index contributed by atoms with van der Waals surface area (Å²) in [5, 5.41) is 23.2. The highest BCUT2D eigenvalue weighted by molar-refractivity contribution is 5.94. The third-order valence-electron chi connectivity index (χ3n) is 6.32. The van der Waals surface area contributed by atoms with Gasteiger partial charge in [-0.15, -0.1) is 5.10 Å². The predicted octanol–water partition coefficient (Wildman–Crippen LogP) is 1.46. The third-order valence-corrected chi connectivity index (χ3v) is 6.32. The number of nitrogens with one attached hydrogen (secondary N) is 3. The van der Waals surface area contributed by atoms with Gasteiger partial charge in [-0.3, -0.25) is 20.6 Å². The fourth-order valence-corrected chi connectivity index (χ4v) is 4.31. The Morgan fingerprint density at radius 3 is 2.77 bits per heavy atom. The summed E-state index contributed by atoms with van der Waals surface area (Å²) in [6, 6.07) is 1.94. The highest BCUT2D eigenvalue weighted by atomic mass is 16.1. The molecule has 9 nitrogen and oxygen atoms in total. The molecule has 0 saturated carbocycles. The maximum Gasteiger partial charge on any atom is 0.252 e. The van der Waals surface area contributed by atoms with Gasteiger partial charge < -0.3 is 15.1 Å². The van der Waals surface area contributed by atoms with Crippen molar-refractivity contribution in [1.29, 1.82) is 10.8 Å². The van der Waals surface area contributed by atoms with Gasteiger partial charge in [-0.2, -0.15) is 0 Å². The van der Waals surface area contributed by atoms with Gasteiger partial charge in [-0.05, 0) is 57.0 Å². The second-order valence-electron chi connectivity index (χ2n) is 8.30. The average molecular weight is 425 g/mol. The van der Waals surface area contributed by atoms with E-state index in [0.717, 1.165) is 67.1 Å². The van der Waals surface area contributed by atoms with Crippen molar-refractivity contribution in [1.82, 2.24) is 25.0 Å². The topological polar surface area (TPSA) is 114 Å². The van der Waals surface area contributed by atoms with E-state index in [1.54, 1.807) is 6.20 Å². The number of carbonyl (C=O) groups is 1. The fourth-order valence-electron chi connectivity index (χ4n) is 4.31. The van der Waals surface area contributed by atoms with Crippen molar-refractivity contribution in [2.24, 2.45) is 0 Å². The summed E-state index contributed by atoms with van der Waals surface area (Å²) < 4.78 is 1.29. The van der Waals surface area contributed by atoms with E-state index < -0.39 is 0 Å². The number of likely N-dealkylation sites (tertiary alicyclic amines) is 1. The second kappa shape index (κ2) is 8.97. The predicted molar refractivity (Wildman–Crippen MR) is 121 cm³/mol. The molecule has 0 unspecified atom stereocenters. The van der Waals surface area contributed by atoms with E-state index in [0.29, 0.717) is 18.7 Å². The summed E-state index contributed by atoms with van der Waals surface area (Å²) in [6.07, 6.45) is 5.99. The summed E-state index contributed by atoms with van der Waals surface area (Å²) in [5.74, 6) is 0.681. The van der Waals surface area contributed by atoms with Crippen molar-refractivity contribution >= 4 is 18.1 Å². The van der Waals surface area contributed by atoms with Gasteiger partial charge in [0.25, 0.3) is 5.91 Å². The molecular formula is C22H32N8O. The van der Waals surface area contributed by atoms with Gasteiger partial charge in [-0.1, -0.05) is 0 Å². The SMILES string of the molecule is Cc1c(N2CCc3ncc(C(=O)NCCN4CCCC4)cc3C2)nn(C=N)c(=N)c1C.[HH]. The Morgan fingerprint density at radius 1 is 1.26 bits per heavy atom. The van der Waals surface area contributed by atoms with Crippen LogP contribution in [-0.4, -0.2) is 64.6 Å². The highest BCUT2D eigenvalue weighted by Crippen LogP contribution is 2.25. The molecule has 2 aliphatic heterocycles. The van der Waals surface area contributed by atoms with Crippen LogP contribution in [0.1, 0.15) is 47.0 Å². The number of anilines is 1. The van der Waals surface area contributed by atoms with Crippen molar-refractivity contribution in [2.75, 3.05) is 37.6 Å². The van der Waals surface area contributed by atoms with E-state index in [4.69, 9.17) is 10.8 Å². The quantitative estimate of drug-likeness (QED) is 0.480. The van der Waals surface area contributed by atoms with Crippen LogP contribution in [0.15, 0.2) is 12.3 Å². The molecule has 9 heteroatoms. The fraction of sp³-hybridized carbons (Fsp3) is 0.500. The average Bonchev–Trinajstić information content (AvgIpc) is 3.30. The maximum absolute atomic E-state index is 12.6. The zero-order valence-electron chi connectivity index (χ0n) is 18.2. The van der Waals surface area contributed by atoms with Gasteiger partial charge in [0, 0.05) is 51.5 Å². The van der Waals surface area contributed by atoms with Crippen molar-refractivity contribution < 1.29 is 6.22 Å². The Bertz CT molecular complexity index is 1060. The van der Waals surface area contributed by atoms with Crippen LogP contribution >= 0.6 is 0 Å². The highest BCUT2D eigenvalue weighted by Gasteiger charge is 2.23. The first-order valence-corrected chi connectivity index (χ1v) is 10.9. The number of hydrogen-bond acceptors (Lipinski definition) is 7. The number of aromatic nitrogens is 3. The lowest BCUT2D eigenvalue weighted by atomic mass is 10.0. The van der Waals surface area contributed by atoms with E-state index in [1.807, 2.05) is 19.9 Å². The van der Waals surface area contributed by atoms with Gasteiger partial charge >= 0.3 is 0 Å². The van der Waals surface area contributed by atoms with Gasteiger partial charge in [0.15, 0.2) is 11.3 Å². The number of carbonyl (C=O) groups excluding carboxylic acids is 1. The van der Waals surface area contributed by atoms with Gasteiger partial charge in [0.2, 0.25) is 0 Å². The number of fused-ring (bicyclic) bond motifs is 1. The van der Waals surface area contributed by atoms with E-state index in [-0.39, 0.29) is 12.8 Å². The molecule has 2 aliphatic rings. The zero-order valence-corrected chi connectivity index (χ0v) is 18.2. The molecule has 0 atom stereocenters. The van der Waals surface area contributed by atoms with Crippen molar-refractivity contribution in [2.45, 2.75) is 39.7 Å². The minimum Gasteiger partial charge on any atom is -0.351 e. The Labute approximate surface area is 183 Å². The molecule has 166 valence electrons. The van der Waals surface area contributed by atoms with Crippen LogP contribution < -0.4 is 15.7 Å². The number of amides is 1. The molecule has 2 aromatic rings. The van der Waals surface area contributed by atoms with Crippen LogP contribution in [0.4, 0.5) is 5.82 Å². The monoisotopic (exact) mass is 424 g/mol. The van der Waals surface area contributed by atoms with E-state index >= 15 is 0 Å². The largest absolute Gasteiger partial charge is 0.351 e. The molecule has 31 heavy (non-hydrogen) atoms. The summed E-state index contributed by atoms with van der Waals surface area (Å²) in [5.41, 5.74) is 4.59. The zero-order chi connectivity index (χ0) is 22.0. The van der Waals surface area contributed by atoms with Crippen LogP contribution in [0.3, 0.4) is 0 Å². The Morgan fingerprint density at radius 2 is 2.03 bits per heavy atom. The molecule has 2 aromatic heterocycles. The van der Waals surface area contributed by atoms with Crippen LogP contribution in [-0.2, 0) is 13.0 Å². The summed E-state index contributed by atoms with van der Waals surface area (Å²) in [4.78, 5) is 21.7. The van der Waals surface area contributed by atoms with Crippen LogP contribution in [0, 0.1) is 24.7 Å². The molecule has 1 fully saturated rings. The molecule has 0 aromatic carbocycles. The van der Waals surface area contributed by atoms with Crippen molar-refractivity contribution in [3.8, 4) is 0 Å². The van der Waals surface area contributed by atoms with E-state index in [1.165, 1.54) is 17.5 Å². The molecular weight excluding hydrogens is 392 g/mol. The molecule has 3 N–H and O–H groups in total. The van der Waals surface area contributed by atoms with Gasteiger partial charge in [0.1, 0.15) is 6.34 Å². The summed E-state index contributed by atoms with van der Waals surface area (Å²) >= 11 is 0. The lowest BCUT2D eigenvalue weighted by Gasteiger charge is -2.31. The minimum absolute atomic E-state index is 0. The molecule has 4 rings (SSSR count). The first-order chi connectivity index (χ1) is 15.0. The maximum atomic E-state index is 12.6. The molecule has 0 aliphatic carbocycles.